The number of nitrogens with two attached hydrogens (primary N) is 1. The van der Waals surface area contributed by atoms with Gasteiger partial charge < -0.3 is 9.80 Å². The number of rotatable bonds is 7. The third-order valence-electron chi connectivity index (χ3n) is 2.67. The van der Waals surface area contributed by atoms with Crippen LogP contribution >= 0.6 is 15.9 Å². The van der Waals surface area contributed by atoms with Crippen LogP contribution in [0.25, 0.3) is 0 Å². The molecule has 0 fully saturated rings. The van der Waals surface area contributed by atoms with Gasteiger partial charge in [-0.1, -0.05) is 0 Å². The van der Waals surface area contributed by atoms with Crippen molar-refractivity contribution in [3.8, 4) is 0 Å². The first kappa shape index (κ1) is 15.6. The minimum Gasteiger partial charge on any atom is -0.308 e. The molecule has 3 N–H and O–H groups in total. The molecule has 104 valence electrons. The van der Waals surface area contributed by atoms with E-state index < -0.39 is 0 Å². The molecule has 6 nitrogen and oxygen atoms in total. The Morgan fingerprint density at radius 2 is 2.06 bits per heavy atom. The summed E-state index contributed by atoms with van der Waals surface area (Å²) in [7, 11) is 8.16. The monoisotopic (exact) mass is 318 g/mol. The molecular formula is C11H23BrN6. The molecule has 0 aliphatic carbocycles. The number of halogens is 1. The topological polar surface area (TPSA) is 62.4 Å². The number of nitrogens with zero attached hydrogens (tertiary/aromatic N) is 4. The molecule has 18 heavy (non-hydrogen) atoms. The Morgan fingerprint density at radius 3 is 2.56 bits per heavy atom. The zero-order valence-electron chi connectivity index (χ0n) is 11.5. The Labute approximate surface area is 117 Å². The van der Waals surface area contributed by atoms with Gasteiger partial charge in [-0.05, 0) is 44.1 Å². The summed E-state index contributed by atoms with van der Waals surface area (Å²) in [5.74, 6) is 5.66. The summed E-state index contributed by atoms with van der Waals surface area (Å²) in [4.78, 5) is 4.23. The zero-order chi connectivity index (χ0) is 13.7. The van der Waals surface area contributed by atoms with Crippen molar-refractivity contribution in [2.75, 3.05) is 41.3 Å². The van der Waals surface area contributed by atoms with E-state index in [4.69, 9.17) is 5.84 Å². The first-order valence-corrected chi connectivity index (χ1v) is 6.71. The van der Waals surface area contributed by atoms with Crippen LogP contribution in [0.2, 0.25) is 0 Å². The molecule has 1 atom stereocenters. The molecule has 7 heteroatoms. The van der Waals surface area contributed by atoms with E-state index in [9.17, 15) is 0 Å². The van der Waals surface area contributed by atoms with Gasteiger partial charge in [0.25, 0.3) is 0 Å². The Bertz CT molecular complexity index is 362. The fourth-order valence-electron chi connectivity index (χ4n) is 1.77. The quantitative estimate of drug-likeness (QED) is 0.558. The SMILES string of the molecule is CN(C)CCn1ncc(Br)c1C(CN(C)C)NN. The number of nitrogens with one attached hydrogen (secondary N) is 1. The largest absolute Gasteiger partial charge is 0.308 e. The summed E-state index contributed by atoms with van der Waals surface area (Å²) < 4.78 is 2.99. The van der Waals surface area contributed by atoms with Crippen LogP contribution in [0.1, 0.15) is 11.7 Å². The molecular weight excluding hydrogens is 296 g/mol. The highest BCUT2D eigenvalue weighted by Gasteiger charge is 2.19. The van der Waals surface area contributed by atoms with Gasteiger partial charge in [0.15, 0.2) is 0 Å². The van der Waals surface area contributed by atoms with E-state index in [0.29, 0.717) is 0 Å². The van der Waals surface area contributed by atoms with Gasteiger partial charge in [-0.2, -0.15) is 5.10 Å². The molecule has 0 aliphatic rings. The maximum absolute atomic E-state index is 5.66. The molecule has 1 aromatic heterocycles. The van der Waals surface area contributed by atoms with Crippen LogP contribution < -0.4 is 11.3 Å². The second-order valence-electron chi connectivity index (χ2n) is 4.89. The summed E-state index contributed by atoms with van der Waals surface area (Å²) in [6.07, 6.45) is 1.82. The maximum Gasteiger partial charge on any atom is 0.0767 e. The number of hydrogen-bond acceptors (Lipinski definition) is 5. The van der Waals surface area contributed by atoms with Crippen molar-refractivity contribution < 1.29 is 0 Å². The standard InChI is InChI=1S/C11H23BrN6/c1-16(2)5-6-18-11(9(12)7-14-18)10(15-13)8-17(3)4/h7,10,15H,5-6,8,13H2,1-4H3. The second kappa shape index (κ2) is 7.20. The van der Waals surface area contributed by atoms with E-state index in [0.717, 1.165) is 29.8 Å². The summed E-state index contributed by atoms with van der Waals surface area (Å²) in [6, 6.07) is 0.0547. The van der Waals surface area contributed by atoms with E-state index >= 15 is 0 Å². The van der Waals surface area contributed by atoms with Gasteiger partial charge in [0.2, 0.25) is 0 Å². The molecule has 0 aliphatic heterocycles. The van der Waals surface area contributed by atoms with Crippen LogP contribution in [-0.4, -0.2) is 60.9 Å². The number of hydrazine groups is 1. The van der Waals surface area contributed by atoms with Crippen molar-refractivity contribution in [1.82, 2.24) is 25.0 Å². The third-order valence-corrected chi connectivity index (χ3v) is 3.28. The maximum atomic E-state index is 5.66. The highest BCUT2D eigenvalue weighted by molar-refractivity contribution is 9.10. The van der Waals surface area contributed by atoms with Crippen LogP contribution in [0.5, 0.6) is 0 Å². The molecule has 0 spiro atoms. The highest BCUT2D eigenvalue weighted by Crippen LogP contribution is 2.23. The molecule has 0 saturated heterocycles. The van der Waals surface area contributed by atoms with Crippen LogP contribution in [-0.2, 0) is 6.54 Å². The summed E-state index contributed by atoms with van der Waals surface area (Å²) in [5.41, 5.74) is 3.95. The average Bonchev–Trinajstić information content (AvgIpc) is 2.64. The number of likely N-dealkylation sites (N-methyl/N-ethyl adjacent to an activating group) is 2. The smallest absolute Gasteiger partial charge is 0.0767 e. The lowest BCUT2D eigenvalue weighted by molar-refractivity contribution is 0.321. The van der Waals surface area contributed by atoms with Gasteiger partial charge in [0.1, 0.15) is 0 Å². The average molecular weight is 319 g/mol. The number of aromatic nitrogens is 2. The lowest BCUT2D eigenvalue weighted by Crippen LogP contribution is -2.37. The molecule has 1 heterocycles. The van der Waals surface area contributed by atoms with Crippen molar-refractivity contribution in [3.63, 3.8) is 0 Å². The first-order valence-electron chi connectivity index (χ1n) is 5.92. The molecule has 1 aromatic rings. The zero-order valence-corrected chi connectivity index (χ0v) is 13.1. The lowest BCUT2D eigenvalue weighted by atomic mass is 10.2. The Balaban J connectivity index is 2.87. The van der Waals surface area contributed by atoms with E-state index in [2.05, 4.69) is 50.3 Å². The van der Waals surface area contributed by atoms with Gasteiger partial charge >= 0.3 is 0 Å². The fraction of sp³-hybridized carbons (Fsp3) is 0.727. The van der Waals surface area contributed by atoms with Crippen LogP contribution in [0.15, 0.2) is 10.7 Å². The molecule has 1 unspecified atom stereocenters. The van der Waals surface area contributed by atoms with Crippen molar-refractivity contribution in [3.05, 3.63) is 16.4 Å². The Morgan fingerprint density at radius 1 is 1.39 bits per heavy atom. The predicted molar refractivity (Wildman–Crippen MR) is 77.1 cm³/mol. The summed E-state index contributed by atoms with van der Waals surface area (Å²) in [5, 5.41) is 4.39. The van der Waals surface area contributed by atoms with E-state index in [1.54, 1.807) is 0 Å². The van der Waals surface area contributed by atoms with E-state index in [1.807, 2.05) is 25.0 Å². The predicted octanol–water partition coefficient (Wildman–Crippen LogP) is 0.273. The van der Waals surface area contributed by atoms with Crippen LogP contribution in [0, 0.1) is 0 Å². The minimum absolute atomic E-state index is 0.0547. The minimum atomic E-state index is 0.0547. The second-order valence-corrected chi connectivity index (χ2v) is 5.74. The van der Waals surface area contributed by atoms with Gasteiger partial charge in [-0.15, -0.1) is 0 Å². The number of hydrogen-bond donors (Lipinski definition) is 2. The molecule has 0 radical (unpaired) electrons. The molecule has 0 aromatic carbocycles. The Hall–Kier alpha value is -0.470. The summed E-state index contributed by atoms with van der Waals surface area (Å²) >= 11 is 3.54. The van der Waals surface area contributed by atoms with E-state index in [-0.39, 0.29) is 6.04 Å². The lowest BCUT2D eigenvalue weighted by Gasteiger charge is -2.22. The van der Waals surface area contributed by atoms with Crippen molar-refractivity contribution in [2.24, 2.45) is 5.84 Å². The normalized spacial score (nSPS) is 13.6. The molecule has 0 saturated carbocycles. The summed E-state index contributed by atoms with van der Waals surface area (Å²) in [6.45, 7) is 2.61. The van der Waals surface area contributed by atoms with Gasteiger partial charge in [0.05, 0.1) is 29.0 Å². The van der Waals surface area contributed by atoms with Crippen LogP contribution in [0.3, 0.4) is 0 Å². The molecule has 0 bridgehead atoms. The van der Waals surface area contributed by atoms with Crippen molar-refractivity contribution in [2.45, 2.75) is 12.6 Å². The van der Waals surface area contributed by atoms with Gasteiger partial charge in [-0.3, -0.25) is 16.0 Å². The third kappa shape index (κ3) is 4.33. The molecule has 1 rings (SSSR count). The van der Waals surface area contributed by atoms with Crippen LogP contribution in [0.4, 0.5) is 0 Å². The van der Waals surface area contributed by atoms with Crippen molar-refractivity contribution in [1.29, 1.82) is 0 Å². The Kier molecular flexibility index (Phi) is 6.24. The highest BCUT2D eigenvalue weighted by atomic mass is 79.9. The van der Waals surface area contributed by atoms with Gasteiger partial charge in [-0.25, -0.2) is 0 Å². The molecule has 0 amide bonds. The van der Waals surface area contributed by atoms with E-state index in [1.165, 1.54) is 0 Å². The van der Waals surface area contributed by atoms with Crippen molar-refractivity contribution >= 4 is 15.9 Å². The fourth-order valence-corrected chi connectivity index (χ4v) is 2.35. The van der Waals surface area contributed by atoms with Gasteiger partial charge in [0, 0.05) is 13.1 Å². The first-order chi connectivity index (χ1) is 8.45.